The number of hydrogen-bond donors (Lipinski definition) is 4. The Morgan fingerprint density at radius 2 is 1.61 bits per heavy atom. The van der Waals surface area contributed by atoms with Crippen molar-refractivity contribution in [1.82, 2.24) is 10.6 Å². The van der Waals surface area contributed by atoms with Crippen LogP contribution in [0.5, 0.6) is 0 Å². The standard InChI is InChI=1S/C15H19N3O5/c1-2-3-12(19)16-8-13(20)18-11-6-4-10(5-7-11)15(23)17-9-14(21)22/h4-7H,2-3,8-9H2,1H3,(H,16,19)(H,17,23)(H,18,20)(H,21,22). The zero-order chi connectivity index (χ0) is 17.2. The number of carbonyl (C=O) groups is 4. The maximum atomic E-state index is 11.6. The van der Waals surface area contributed by atoms with E-state index in [0.29, 0.717) is 18.5 Å². The number of carboxylic acid groups (broad SMARTS) is 1. The highest BCUT2D eigenvalue weighted by molar-refractivity contribution is 5.97. The lowest BCUT2D eigenvalue weighted by atomic mass is 10.2. The van der Waals surface area contributed by atoms with Crippen LogP contribution in [0.2, 0.25) is 0 Å². The molecule has 8 nitrogen and oxygen atoms in total. The highest BCUT2D eigenvalue weighted by Crippen LogP contribution is 2.09. The molecule has 1 rings (SSSR count). The lowest BCUT2D eigenvalue weighted by molar-refractivity contribution is -0.135. The molecule has 0 bridgehead atoms. The van der Waals surface area contributed by atoms with Crippen LogP contribution in [0, 0.1) is 0 Å². The van der Waals surface area contributed by atoms with Crippen molar-refractivity contribution < 1.29 is 24.3 Å². The Bertz CT molecular complexity index is 583. The van der Waals surface area contributed by atoms with Crippen LogP contribution in [0.3, 0.4) is 0 Å². The van der Waals surface area contributed by atoms with Gasteiger partial charge in [-0.3, -0.25) is 19.2 Å². The molecule has 0 fully saturated rings. The van der Waals surface area contributed by atoms with Crippen LogP contribution < -0.4 is 16.0 Å². The van der Waals surface area contributed by atoms with Gasteiger partial charge in [0, 0.05) is 17.7 Å². The van der Waals surface area contributed by atoms with Crippen molar-refractivity contribution in [2.75, 3.05) is 18.4 Å². The van der Waals surface area contributed by atoms with Gasteiger partial charge in [0.15, 0.2) is 0 Å². The molecule has 3 amide bonds. The SMILES string of the molecule is CCCC(=O)NCC(=O)Nc1ccc(C(=O)NCC(=O)O)cc1. The van der Waals surface area contributed by atoms with E-state index in [1.54, 1.807) is 0 Å². The first-order chi connectivity index (χ1) is 10.9. The summed E-state index contributed by atoms with van der Waals surface area (Å²) in [5.41, 5.74) is 0.745. The first-order valence-corrected chi connectivity index (χ1v) is 7.09. The van der Waals surface area contributed by atoms with E-state index >= 15 is 0 Å². The average Bonchev–Trinajstić information content (AvgIpc) is 2.51. The fourth-order valence-electron chi connectivity index (χ4n) is 1.66. The number of anilines is 1. The highest BCUT2D eigenvalue weighted by Gasteiger charge is 2.08. The number of carbonyl (C=O) groups excluding carboxylic acids is 3. The second-order valence-electron chi connectivity index (χ2n) is 4.73. The number of rotatable bonds is 8. The molecule has 0 saturated carbocycles. The maximum Gasteiger partial charge on any atom is 0.322 e. The van der Waals surface area contributed by atoms with Gasteiger partial charge in [0.25, 0.3) is 5.91 Å². The molecule has 1 aromatic carbocycles. The molecule has 8 heteroatoms. The van der Waals surface area contributed by atoms with Gasteiger partial charge >= 0.3 is 5.97 Å². The Morgan fingerprint density at radius 3 is 2.17 bits per heavy atom. The van der Waals surface area contributed by atoms with Gasteiger partial charge in [0.05, 0.1) is 6.54 Å². The molecule has 23 heavy (non-hydrogen) atoms. The summed E-state index contributed by atoms with van der Waals surface area (Å²) < 4.78 is 0. The number of carboxylic acids is 1. The van der Waals surface area contributed by atoms with Gasteiger partial charge in [-0.1, -0.05) is 6.92 Å². The number of nitrogens with one attached hydrogen (secondary N) is 3. The van der Waals surface area contributed by atoms with Crippen LogP contribution in [0.15, 0.2) is 24.3 Å². The van der Waals surface area contributed by atoms with Gasteiger partial charge in [-0.15, -0.1) is 0 Å². The first kappa shape index (κ1) is 18.1. The molecule has 0 atom stereocenters. The van der Waals surface area contributed by atoms with Crippen LogP contribution in [-0.4, -0.2) is 41.9 Å². The van der Waals surface area contributed by atoms with E-state index in [1.165, 1.54) is 24.3 Å². The smallest absolute Gasteiger partial charge is 0.322 e. The Morgan fingerprint density at radius 1 is 0.957 bits per heavy atom. The van der Waals surface area contributed by atoms with Crippen molar-refractivity contribution in [3.63, 3.8) is 0 Å². The molecule has 0 unspecified atom stereocenters. The zero-order valence-corrected chi connectivity index (χ0v) is 12.7. The van der Waals surface area contributed by atoms with Crippen molar-refractivity contribution in [1.29, 1.82) is 0 Å². The molecule has 0 spiro atoms. The van der Waals surface area contributed by atoms with E-state index in [9.17, 15) is 19.2 Å². The largest absolute Gasteiger partial charge is 0.480 e. The van der Waals surface area contributed by atoms with E-state index in [1.807, 2.05) is 6.92 Å². The minimum Gasteiger partial charge on any atom is -0.480 e. The van der Waals surface area contributed by atoms with Gasteiger partial charge in [0.1, 0.15) is 6.54 Å². The van der Waals surface area contributed by atoms with Gasteiger partial charge in [-0.05, 0) is 30.7 Å². The quantitative estimate of drug-likeness (QED) is 0.550. The van der Waals surface area contributed by atoms with Crippen LogP contribution in [-0.2, 0) is 14.4 Å². The number of amides is 3. The Kier molecular flexibility index (Phi) is 7.25. The number of benzene rings is 1. The minimum absolute atomic E-state index is 0.125. The van der Waals surface area contributed by atoms with Crippen LogP contribution in [0.4, 0.5) is 5.69 Å². The van der Waals surface area contributed by atoms with Crippen molar-refractivity contribution in [2.45, 2.75) is 19.8 Å². The van der Waals surface area contributed by atoms with Gasteiger partial charge in [0.2, 0.25) is 11.8 Å². The monoisotopic (exact) mass is 321 g/mol. The third-order valence-corrected chi connectivity index (χ3v) is 2.75. The normalized spacial score (nSPS) is 9.78. The summed E-state index contributed by atoms with van der Waals surface area (Å²) in [7, 11) is 0. The second-order valence-corrected chi connectivity index (χ2v) is 4.73. The third-order valence-electron chi connectivity index (χ3n) is 2.75. The summed E-state index contributed by atoms with van der Waals surface area (Å²) in [4.78, 5) is 44.9. The Labute approximate surface area is 133 Å². The molecule has 4 N–H and O–H groups in total. The summed E-state index contributed by atoms with van der Waals surface area (Å²) >= 11 is 0. The molecule has 0 aliphatic carbocycles. The Hall–Kier alpha value is -2.90. The Balaban J connectivity index is 2.47. The molecule has 0 aliphatic rings. The summed E-state index contributed by atoms with van der Waals surface area (Å²) in [6, 6.07) is 5.95. The van der Waals surface area contributed by atoms with Crippen molar-refractivity contribution in [3.05, 3.63) is 29.8 Å². The lowest BCUT2D eigenvalue weighted by Crippen LogP contribution is -2.32. The van der Waals surface area contributed by atoms with Gasteiger partial charge < -0.3 is 21.1 Å². The highest BCUT2D eigenvalue weighted by atomic mass is 16.4. The van der Waals surface area contributed by atoms with Crippen molar-refractivity contribution >= 4 is 29.4 Å². The summed E-state index contributed by atoms with van der Waals surface area (Å²) in [5.74, 6) is -2.21. The van der Waals surface area contributed by atoms with E-state index in [2.05, 4.69) is 16.0 Å². The minimum atomic E-state index is -1.13. The van der Waals surface area contributed by atoms with Gasteiger partial charge in [-0.2, -0.15) is 0 Å². The molecule has 0 heterocycles. The van der Waals surface area contributed by atoms with Crippen LogP contribution >= 0.6 is 0 Å². The van der Waals surface area contributed by atoms with Crippen molar-refractivity contribution in [3.8, 4) is 0 Å². The molecule has 124 valence electrons. The summed E-state index contributed by atoms with van der Waals surface area (Å²) in [6.07, 6.45) is 1.08. The molecule has 0 radical (unpaired) electrons. The topological polar surface area (TPSA) is 125 Å². The maximum absolute atomic E-state index is 11.6. The van der Waals surface area contributed by atoms with E-state index in [4.69, 9.17) is 5.11 Å². The predicted molar refractivity (Wildman–Crippen MR) is 83.0 cm³/mol. The zero-order valence-electron chi connectivity index (χ0n) is 12.7. The first-order valence-electron chi connectivity index (χ1n) is 7.09. The number of aliphatic carboxylic acids is 1. The third kappa shape index (κ3) is 7.07. The summed E-state index contributed by atoms with van der Waals surface area (Å²) in [6.45, 7) is 1.28. The van der Waals surface area contributed by atoms with Gasteiger partial charge in [-0.25, -0.2) is 0 Å². The lowest BCUT2D eigenvalue weighted by Gasteiger charge is -2.07. The molecular weight excluding hydrogens is 302 g/mol. The van der Waals surface area contributed by atoms with E-state index in [0.717, 1.165) is 0 Å². The van der Waals surface area contributed by atoms with Crippen LogP contribution in [0.1, 0.15) is 30.1 Å². The van der Waals surface area contributed by atoms with E-state index in [-0.39, 0.29) is 23.9 Å². The van der Waals surface area contributed by atoms with Crippen molar-refractivity contribution in [2.24, 2.45) is 0 Å². The summed E-state index contributed by atoms with van der Waals surface area (Å²) in [5, 5.41) is 15.8. The molecule has 0 aromatic heterocycles. The molecule has 1 aromatic rings. The van der Waals surface area contributed by atoms with E-state index < -0.39 is 18.4 Å². The fourth-order valence-corrected chi connectivity index (χ4v) is 1.66. The second kappa shape index (κ2) is 9.19. The molecule has 0 saturated heterocycles. The molecular formula is C15H19N3O5. The average molecular weight is 321 g/mol. The van der Waals surface area contributed by atoms with Crippen LogP contribution in [0.25, 0.3) is 0 Å². The number of hydrogen-bond acceptors (Lipinski definition) is 4. The predicted octanol–water partition coefficient (Wildman–Crippen LogP) is 0.356. The molecule has 0 aliphatic heterocycles. The fraction of sp³-hybridized carbons (Fsp3) is 0.333.